The maximum atomic E-state index is 13.8. The molecule has 0 spiro atoms. The fraction of sp³-hybridized carbons (Fsp3) is 0.179. The number of ether oxygens (including phenoxy) is 1. The van der Waals surface area contributed by atoms with Gasteiger partial charge in [0, 0.05) is 33.8 Å². The van der Waals surface area contributed by atoms with Gasteiger partial charge in [0.2, 0.25) is 0 Å². The Morgan fingerprint density at radius 2 is 1.71 bits per heavy atom. The highest BCUT2D eigenvalue weighted by molar-refractivity contribution is 9.10. The Morgan fingerprint density at radius 1 is 1.00 bits per heavy atom. The molecule has 178 valence electrons. The van der Waals surface area contributed by atoms with Crippen LogP contribution in [0.5, 0.6) is 0 Å². The maximum absolute atomic E-state index is 13.8. The van der Waals surface area contributed by atoms with Gasteiger partial charge in [0.05, 0.1) is 12.2 Å². The highest BCUT2D eigenvalue weighted by Crippen LogP contribution is 2.39. The fourth-order valence-electron chi connectivity index (χ4n) is 3.99. The van der Waals surface area contributed by atoms with Gasteiger partial charge in [0.25, 0.3) is 5.91 Å². The van der Waals surface area contributed by atoms with E-state index in [4.69, 9.17) is 4.74 Å². The van der Waals surface area contributed by atoms with Crippen LogP contribution < -0.4 is 0 Å². The lowest BCUT2D eigenvalue weighted by atomic mass is 9.86. The van der Waals surface area contributed by atoms with Crippen LogP contribution >= 0.6 is 27.7 Å². The van der Waals surface area contributed by atoms with E-state index in [0.29, 0.717) is 17.8 Å². The van der Waals surface area contributed by atoms with Crippen molar-refractivity contribution in [3.8, 4) is 0 Å². The molecule has 0 saturated carbocycles. The van der Waals surface area contributed by atoms with Gasteiger partial charge in [0.15, 0.2) is 5.78 Å². The largest absolute Gasteiger partial charge is 0.454 e. The quantitative estimate of drug-likeness (QED) is 0.192. The third-order valence-corrected chi connectivity index (χ3v) is 6.99. The van der Waals surface area contributed by atoms with Crippen LogP contribution in [0.25, 0.3) is 5.57 Å². The smallest absolute Gasteiger partial charge is 0.303 e. The number of thioether (sulfide) groups is 1. The number of allylic oxidation sites excluding steroid dienone is 1. The Morgan fingerprint density at radius 3 is 2.37 bits per heavy atom. The Kier molecular flexibility index (Phi) is 7.88. The molecule has 0 aromatic heterocycles. The summed E-state index contributed by atoms with van der Waals surface area (Å²) in [5.74, 6) is -0.452. The van der Waals surface area contributed by atoms with Gasteiger partial charge in [-0.25, -0.2) is 0 Å². The SMILES string of the molecule is CCC(=O)C1=C(c2ccccc2)c2cc(Br)ccc2CN1C(=O)c1ccc(SCOC(C)=O)cc1. The number of amides is 1. The summed E-state index contributed by atoms with van der Waals surface area (Å²) in [7, 11) is 0. The molecule has 0 N–H and O–H groups in total. The summed E-state index contributed by atoms with van der Waals surface area (Å²) in [5.41, 5.74) is 4.48. The molecule has 4 rings (SSSR count). The first kappa shape index (κ1) is 24.9. The first-order valence-corrected chi connectivity index (χ1v) is 13.0. The van der Waals surface area contributed by atoms with Crippen molar-refractivity contribution >= 4 is 50.9 Å². The van der Waals surface area contributed by atoms with Crippen molar-refractivity contribution in [2.24, 2.45) is 0 Å². The molecular weight excluding hydrogens is 526 g/mol. The number of halogens is 1. The molecule has 1 aliphatic heterocycles. The van der Waals surface area contributed by atoms with Crippen LogP contribution in [0.3, 0.4) is 0 Å². The molecule has 0 radical (unpaired) electrons. The predicted molar refractivity (Wildman–Crippen MR) is 141 cm³/mol. The zero-order valence-corrected chi connectivity index (χ0v) is 21.8. The number of nitrogens with zero attached hydrogens (tertiary/aromatic N) is 1. The molecule has 0 atom stereocenters. The van der Waals surface area contributed by atoms with Gasteiger partial charge in [0.1, 0.15) is 5.94 Å². The average Bonchev–Trinajstić information content (AvgIpc) is 2.87. The van der Waals surface area contributed by atoms with Crippen molar-refractivity contribution in [3.05, 3.63) is 105 Å². The van der Waals surface area contributed by atoms with Crippen molar-refractivity contribution in [2.45, 2.75) is 31.7 Å². The number of rotatable bonds is 7. The molecule has 35 heavy (non-hydrogen) atoms. The normalized spacial score (nSPS) is 12.8. The van der Waals surface area contributed by atoms with E-state index >= 15 is 0 Å². The van der Waals surface area contributed by atoms with Crippen LogP contribution in [-0.2, 0) is 20.9 Å². The highest BCUT2D eigenvalue weighted by atomic mass is 79.9. The van der Waals surface area contributed by atoms with Gasteiger partial charge in [-0.05, 0) is 53.1 Å². The number of esters is 1. The number of fused-ring (bicyclic) bond motifs is 1. The lowest BCUT2D eigenvalue weighted by Gasteiger charge is -2.33. The highest BCUT2D eigenvalue weighted by Gasteiger charge is 2.33. The maximum Gasteiger partial charge on any atom is 0.303 e. The summed E-state index contributed by atoms with van der Waals surface area (Å²) in [4.78, 5) is 40.5. The first-order valence-electron chi connectivity index (χ1n) is 11.2. The topological polar surface area (TPSA) is 63.7 Å². The molecule has 1 amide bonds. The second-order valence-electron chi connectivity index (χ2n) is 7.98. The van der Waals surface area contributed by atoms with Crippen molar-refractivity contribution in [2.75, 3.05) is 5.94 Å². The Labute approximate surface area is 217 Å². The van der Waals surface area contributed by atoms with Crippen LogP contribution in [-0.4, -0.2) is 28.5 Å². The van der Waals surface area contributed by atoms with E-state index in [1.54, 1.807) is 17.0 Å². The molecule has 0 bridgehead atoms. The molecule has 1 aliphatic rings. The van der Waals surface area contributed by atoms with Crippen molar-refractivity contribution in [1.82, 2.24) is 4.90 Å². The molecule has 3 aromatic rings. The van der Waals surface area contributed by atoms with E-state index in [1.807, 2.05) is 67.6 Å². The summed E-state index contributed by atoms with van der Waals surface area (Å²) in [6.07, 6.45) is 0.282. The lowest BCUT2D eigenvalue weighted by molar-refractivity contribution is -0.138. The third kappa shape index (κ3) is 5.57. The van der Waals surface area contributed by atoms with Gasteiger partial charge < -0.3 is 4.74 Å². The lowest BCUT2D eigenvalue weighted by Crippen LogP contribution is -2.37. The minimum absolute atomic E-state index is 0.0867. The summed E-state index contributed by atoms with van der Waals surface area (Å²) >= 11 is 4.93. The molecule has 0 fully saturated rings. The second kappa shape index (κ2) is 11.1. The van der Waals surface area contributed by atoms with E-state index in [9.17, 15) is 14.4 Å². The standard InChI is InChI=1S/C28H24BrNO4S/c1-3-25(32)27-26(19-7-5-4-6-8-19)24-15-22(29)12-9-21(24)16-30(27)28(33)20-10-13-23(14-11-20)35-17-34-18(2)31/h4-15H,3,16-17H2,1-2H3. The van der Waals surface area contributed by atoms with Crippen molar-refractivity contribution in [1.29, 1.82) is 0 Å². The number of Topliss-reactive ketones (excluding diaryl/α,β-unsaturated/α-hetero) is 1. The Bertz CT molecular complexity index is 1300. The van der Waals surface area contributed by atoms with E-state index in [-0.39, 0.29) is 30.0 Å². The van der Waals surface area contributed by atoms with E-state index in [0.717, 1.165) is 31.6 Å². The molecule has 7 heteroatoms. The van der Waals surface area contributed by atoms with E-state index in [2.05, 4.69) is 15.9 Å². The molecule has 0 unspecified atom stereocenters. The number of hydrogen-bond acceptors (Lipinski definition) is 5. The Hall–Kier alpha value is -3.16. The summed E-state index contributed by atoms with van der Waals surface area (Å²) < 4.78 is 5.88. The minimum Gasteiger partial charge on any atom is -0.454 e. The zero-order valence-electron chi connectivity index (χ0n) is 19.4. The molecule has 0 aliphatic carbocycles. The van der Waals surface area contributed by atoms with Crippen LogP contribution in [0.2, 0.25) is 0 Å². The molecule has 5 nitrogen and oxygen atoms in total. The zero-order chi connectivity index (χ0) is 24.9. The number of carbonyl (C=O) groups is 3. The van der Waals surface area contributed by atoms with E-state index < -0.39 is 0 Å². The number of carbonyl (C=O) groups excluding carboxylic acids is 3. The minimum atomic E-state index is -0.337. The van der Waals surface area contributed by atoms with Crippen LogP contribution in [0, 0.1) is 0 Å². The van der Waals surface area contributed by atoms with Gasteiger partial charge in [-0.3, -0.25) is 19.3 Å². The summed E-state index contributed by atoms with van der Waals surface area (Å²) in [6, 6.07) is 22.8. The van der Waals surface area contributed by atoms with Gasteiger partial charge in [-0.15, -0.1) is 0 Å². The fourth-order valence-corrected chi connectivity index (χ4v) is 5.04. The molecular formula is C28H24BrNO4S. The Balaban J connectivity index is 1.76. The number of ketones is 1. The van der Waals surface area contributed by atoms with E-state index in [1.165, 1.54) is 18.7 Å². The van der Waals surface area contributed by atoms with Gasteiger partial charge in [-0.1, -0.05) is 71.0 Å². The van der Waals surface area contributed by atoms with Gasteiger partial charge >= 0.3 is 5.97 Å². The first-order chi connectivity index (χ1) is 16.9. The summed E-state index contributed by atoms with van der Waals surface area (Å²) in [6.45, 7) is 3.48. The molecule has 1 heterocycles. The van der Waals surface area contributed by atoms with Crippen molar-refractivity contribution in [3.63, 3.8) is 0 Å². The van der Waals surface area contributed by atoms with Crippen LogP contribution in [0.1, 0.15) is 47.3 Å². The van der Waals surface area contributed by atoms with Crippen LogP contribution in [0.15, 0.2) is 87.9 Å². The number of benzene rings is 3. The number of hydrogen-bond donors (Lipinski definition) is 0. The monoisotopic (exact) mass is 549 g/mol. The average molecular weight is 550 g/mol. The molecule has 0 saturated heterocycles. The van der Waals surface area contributed by atoms with Crippen LogP contribution in [0.4, 0.5) is 0 Å². The predicted octanol–water partition coefficient (Wildman–Crippen LogP) is 6.46. The van der Waals surface area contributed by atoms with Gasteiger partial charge in [-0.2, -0.15) is 0 Å². The third-order valence-electron chi connectivity index (χ3n) is 5.66. The summed E-state index contributed by atoms with van der Waals surface area (Å²) in [5, 5.41) is 0. The van der Waals surface area contributed by atoms with Crippen molar-refractivity contribution < 1.29 is 19.1 Å². The molecule has 3 aromatic carbocycles. The second-order valence-corrected chi connectivity index (χ2v) is 9.89.